The van der Waals surface area contributed by atoms with Crippen molar-refractivity contribution >= 4 is 0 Å². The lowest BCUT2D eigenvalue weighted by Crippen LogP contribution is -2.36. The molecule has 0 spiro atoms. The third kappa shape index (κ3) is 2.66. The molecule has 0 aliphatic carbocycles. The van der Waals surface area contributed by atoms with Crippen LogP contribution in [0.25, 0.3) is 0 Å². The molecule has 1 fully saturated rings. The van der Waals surface area contributed by atoms with E-state index in [1.165, 1.54) is 0 Å². The van der Waals surface area contributed by atoms with Crippen molar-refractivity contribution in [2.24, 2.45) is 5.41 Å². The number of aromatic nitrogens is 3. The average molecular weight is 239 g/mol. The summed E-state index contributed by atoms with van der Waals surface area (Å²) >= 11 is 0. The zero-order chi connectivity index (χ0) is 12.3. The van der Waals surface area contributed by atoms with Gasteiger partial charge in [-0.2, -0.15) is 5.10 Å². The van der Waals surface area contributed by atoms with E-state index in [0.29, 0.717) is 6.04 Å². The quantitative estimate of drug-likeness (QED) is 0.857. The Bertz CT molecular complexity index is 356. The highest BCUT2D eigenvalue weighted by Gasteiger charge is 2.33. The summed E-state index contributed by atoms with van der Waals surface area (Å²) in [7, 11) is 0. The topological polar surface area (TPSA) is 60.2 Å². The molecule has 1 aliphatic heterocycles. The second-order valence-corrected chi connectivity index (χ2v) is 5.16. The Kier molecular flexibility index (Phi) is 3.79. The van der Waals surface area contributed by atoms with Crippen molar-refractivity contribution in [3.05, 3.63) is 12.2 Å². The zero-order valence-corrected chi connectivity index (χ0v) is 10.6. The summed E-state index contributed by atoms with van der Waals surface area (Å²) in [5.41, 5.74) is -0.0715. The molecule has 2 heterocycles. The molecule has 1 saturated heterocycles. The number of ether oxygens (including phenoxy) is 1. The van der Waals surface area contributed by atoms with Gasteiger partial charge in [0.2, 0.25) is 0 Å². The lowest BCUT2D eigenvalue weighted by molar-refractivity contribution is -0.0173. The van der Waals surface area contributed by atoms with Gasteiger partial charge in [-0.15, -0.1) is 0 Å². The Labute approximate surface area is 102 Å². The number of nitrogens with zero attached hydrogens (tertiary/aromatic N) is 3. The van der Waals surface area contributed by atoms with Crippen molar-refractivity contribution in [2.45, 2.75) is 39.2 Å². The highest BCUT2D eigenvalue weighted by atomic mass is 16.5. The number of aliphatic hydroxyl groups excluding tert-OH is 1. The predicted molar refractivity (Wildman–Crippen MR) is 63.7 cm³/mol. The third-order valence-corrected chi connectivity index (χ3v) is 3.56. The first-order valence-electron chi connectivity index (χ1n) is 6.24. The van der Waals surface area contributed by atoms with Crippen molar-refractivity contribution in [1.29, 1.82) is 0 Å². The molecule has 0 unspecified atom stereocenters. The summed E-state index contributed by atoms with van der Waals surface area (Å²) in [5.74, 6) is 0.968. The number of hydrogen-bond donors (Lipinski definition) is 1. The molecule has 0 bridgehead atoms. The van der Waals surface area contributed by atoms with Crippen molar-refractivity contribution in [3.63, 3.8) is 0 Å². The van der Waals surface area contributed by atoms with Crippen LogP contribution in [0.15, 0.2) is 6.33 Å². The summed E-state index contributed by atoms with van der Waals surface area (Å²) in [6.45, 7) is 5.84. The van der Waals surface area contributed by atoms with E-state index in [-0.39, 0.29) is 12.0 Å². The molecule has 17 heavy (non-hydrogen) atoms. The van der Waals surface area contributed by atoms with Crippen molar-refractivity contribution < 1.29 is 9.84 Å². The standard InChI is InChI=1S/C12H21N3O2/c1-10(2)15-11(13-9-14-15)7-12(8-16)3-5-17-6-4-12/h9-10,16H,3-8H2,1-2H3. The Morgan fingerprint density at radius 1 is 1.47 bits per heavy atom. The predicted octanol–water partition coefficient (Wildman–Crippen LogP) is 1.19. The molecular formula is C12H21N3O2. The van der Waals surface area contributed by atoms with Gasteiger partial charge in [0, 0.05) is 37.7 Å². The van der Waals surface area contributed by atoms with E-state index < -0.39 is 0 Å². The first-order valence-corrected chi connectivity index (χ1v) is 6.24. The van der Waals surface area contributed by atoms with Gasteiger partial charge < -0.3 is 9.84 Å². The van der Waals surface area contributed by atoms with Gasteiger partial charge in [-0.05, 0) is 26.7 Å². The van der Waals surface area contributed by atoms with Crippen LogP contribution in [0.4, 0.5) is 0 Å². The fourth-order valence-corrected chi connectivity index (χ4v) is 2.36. The van der Waals surface area contributed by atoms with E-state index in [1.807, 2.05) is 4.68 Å². The normalized spacial score (nSPS) is 19.8. The molecular weight excluding hydrogens is 218 g/mol. The lowest BCUT2D eigenvalue weighted by Gasteiger charge is -2.35. The van der Waals surface area contributed by atoms with Crippen molar-refractivity contribution in [2.75, 3.05) is 19.8 Å². The van der Waals surface area contributed by atoms with Crippen molar-refractivity contribution in [1.82, 2.24) is 14.8 Å². The summed E-state index contributed by atoms with van der Waals surface area (Å²) < 4.78 is 7.31. The molecule has 1 N–H and O–H groups in total. The van der Waals surface area contributed by atoms with Crippen LogP contribution in [0.3, 0.4) is 0 Å². The molecule has 5 heteroatoms. The zero-order valence-electron chi connectivity index (χ0n) is 10.6. The molecule has 0 aromatic carbocycles. The highest BCUT2D eigenvalue weighted by Crippen LogP contribution is 2.33. The maximum absolute atomic E-state index is 9.66. The fraction of sp³-hybridized carbons (Fsp3) is 0.833. The summed E-state index contributed by atoms with van der Waals surface area (Å²) in [6, 6.07) is 0.308. The van der Waals surface area contributed by atoms with Gasteiger partial charge in [-0.25, -0.2) is 9.67 Å². The number of rotatable bonds is 4. The summed E-state index contributed by atoms with van der Waals surface area (Å²) in [6.07, 6.45) is 4.17. The van der Waals surface area contributed by atoms with E-state index in [0.717, 1.165) is 38.3 Å². The van der Waals surface area contributed by atoms with Gasteiger partial charge in [0.1, 0.15) is 12.2 Å². The third-order valence-electron chi connectivity index (χ3n) is 3.56. The van der Waals surface area contributed by atoms with Crippen LogP contribution in [-0.2, 0) is 11.2 Å². The summed E-state index contributed by atoms with van der Waals surface area (Å²) in [4.78, 5) is 4.32. The van der Waals surface area contributed by atoms with Crippen LogP contribution in [0.2, 0.25) is 0 Å². The summed E-state index contributed by atoms with van der Waals surface area (Å²) in [5, 5.41) is 13.9. The van der Waals surface area contributed by atoms with Crippen LogP contribution < -0.4 is 0 Å². The molecule has 1 aromatic rings. The second-order valence-electron chi connectivity index (χ2n) is 5.16. The molecule has 0 saturated carbocycles. The second kappa shape index (κ2) is 5.14. The van der Waals surface area contributed by atoms with Gasteiger partial charge in [0.15, 0.2) is 0 Å². The lowest BCUT2D eigenvalue weighted by atomic mass is 9.78. The van der Waals surface area contributed by atoms with Crippen molar-refractivity contribution in [3.8, 4) is 0 Å². The smallest absolute Gasteiger partial charge is 0.138 e. The van der Waals surface area contributed by atoms with Gasteiger partial charge in [0.25, 0.3) is 0 Å². The monoisotopic (exact) mass is 239 g/mol. The first-order chi connectivity index (χ1) is 8.17. The van der Waals surface area contributed by atoms with E-state index in [2.05, 4.69) is 23.9 Å². The van der Waals surface area contributed by atoms with Gasteiger partial charge in [0.05, 0.1) is 0 Å². The van der Waals surface area contributed by atoms with Crippen LogP contribution in [0.5, 0.6) is 0 Å². The minimum Gasteiger partial charge on any atom is -0.396 e. The van der Waals surface area contributed by atoms with Crippen LogP contribution in [0, 0.1) is 5.41 Å². The maximum Gasteiger partial charge on any atom is 0.138 e. The van der Waals surface area contributed by atoms with Crippen LogP contribution >= 0.6 is 0 Å². The molecule has 1 aliphatic rings. The SMILES string of the molecule is CC(C)n1ncnc1CC1(CO)CCOCC1. The minimum absolute atomic E-state index is 0.0715. The number of hydrogen-bond acceptors (Lipinski definition) is 4. The van der Waals surface area contributed by atoms with Crippen LogP contribution in [-0.4, -0.2) is 39.7 Å². The van der Waals surface area contributed by atoms with Gasteiger partial charge in [-0.3, -0.25) is 0 Å². The Morgan fingerprint density at radius 2 is 2.18 bits per heavy atom. The van der Waals surface area contributed by atoms with E-state index in [9.17, 15) is 5.11 Å². The molecule has 5 nitrogen and oxygen atoms in total. The molecule has 1 aromatic heterocycles. The molecule has 0 atom stereocenters. The maximum atomic E-state index is 9.66. The van der Waals surface area contributed by atoms with Gasteiger partial charge in [-0.1, -0.05) is 0 Å². The highest BCUT2D eigenvalue weighted by molar-refractivity contribution is 4.96. The van der Waals surface area contributed by atoms with Crippen LogP contribution in [0.1, 0.15) is 38.6 Å². The number of aliphatic hydroxyl groups is 1. The minimum atomic E-state index is -0.0715. The average Bonchev–Trinajstić information content (AvgIpc) is 2.78. The van der Waals surface area contributed by atoms with E-state index in [1.54, 1.807) is 6.33 Å². The molecule has 96 valence electrons. The molecule has 0 radical (unpaired) electrons. The molecule has 2 rings (SSSR count). The Balaban J connectivity index is 2.14. The van der Waals surface area contributed by atoms with E-state index >= 15 is 0 Å². The Morgan fingerprint density at radius 3 is 2.76 bits per heavy atom. The van der Waals surface area contributed by atoms with E-state index in [4.69, 9.17) is 4.74 Å². The largest absolute Gasteiger partial charge is 0.396 e. The first kappa shape index (κ1) is 12.5. The fourth-order valence-electron chi connectivity index (χ4n) is 2.36. The molecule has 0 amide bonds. The van der Waals surface area contributed by atoms with Gasteiger partial charge >= 0.3 is 0 Å². The Hall–Kier alpha value is -0.940.